The van der Waals surface area contributed by atoms with Gasteiger partial charge in [0.2, 0.25) is 0 Å². The Bertz CT molecular complexity index is 1190. The van der Waals surface area contributed by atoms with Gasteiger partial charge in [-0.2, -0.15) is 0 Å². The summed E-state index contributed by atoms with van der Waals surface area (Å²) in [7, 11) is 0. The fourth-order valence-corrected chi connectivity index (χ4v) is 3.44. The van der Waals surface area contributed by atoms with Gasteiger partial charge in [0.05, 0.1) is 5.69 Å². The van der Waals surface area contributed by atoms with Crippen molar-refractivity contribution >= 4 is 40.5 Å². The number of barbiturate groups is 1. The molecule has 4 amide bonds. The number of imide groups is 2. The van der Waals surface area contributed by atoms with Gasteiger partial charge >= 0.3 is 6.03 Å². The highest BCUT2D eigenvalue weighted by atomic mass is 19.1. The summed E-state index contributed by atoms with van der Waals surface area (Å²) in [5.74, 6) is -2.18. The highest BCUT2D eigenvalue weighted by molar-refractivity contribution is 6.39. The predicted octanol–water partition coefficient (Wildman–Crippen LogP) is 4.03. The van der Waals surface area contributed by atoms with Crippen molar-refractivity contribution in [2.45, 2.75) is 19.9 Å². The number of fused-ring (bicyclic) bond motifs is 1. The highest BCUT2D eigenvalue weighted by Gasteiger charge is 2.37. The van der Waals surface area contributed by atoms with Crippen LogP contribution in [0.4, 0.5) is 14.9 Å². The normalized spacial score (nSPS) is 16.2. The minimum absolute atomic E-state index is 0.0514. The molecule has 1 aromatic heterocycles. The van der Waals surface area contributed by atoms with Crippen LogP contribution in [0.5, 0.6) is 0 Å². The maximum atomic E-state index is 13.6. The van der Waals surface area contributed by atoms with E-state index in [4.69, 9.17) is 0 Å². The monoisotopic (exact) mass is 391 g/mol. The van der Waals surface area contributed by atoms with Gasteiger partial charge < -0.3 is 4.57 Å². The Labute approximate surface area is 166 Å². The predicted molar refractivity (Wildman–Crippen MR) is 108 cm³/mol. The van der Waals surface area contributed by atoms with Crippen molar-refractivity contribution in [3.8, 4) is 0 Å². The van der Waals surface area contributed by atoms with E-state index in [1.54, 1.807) is 0 Å². The molecule has 146 valence electrons. The summed E-state index contributed by atoms with van der Waals surface area (Å²) in [6.45, 7) is 4.07. The number of nitrogens with zero attached hydrogens (tertiary/aromatic N) is 2. The van der Waals surface area contributed by atoms with Crippen LogP contribution in [-0.4, -0.2) is 22.4 Å². The first-order chi connectivity index (χ1) is 13.9. The van der Waals surface area contributed by atoms with Crippen LogP contribution >= 0.6 is 0 Å². The number of rotatable bonds is 3. The van der Waals surface area contributed by atoms with Crippen LogP contribution in [-0.2, 0) is 9.59 Å². The number of anilines is 1. The number of amides is 4. The minimum Gasteiger partial charge on any atom is -0.344 e. The Balaban J connectivity index is 1.83. The summed E-state index contributed by atoms with van der Waals surface area (Å²) in [5, 5.41) is 3.03. The molecule has 1 aliphatic heterocycles. The molecule has 6 nitrogen and oxygen atoms in total. The van der Waals surface area contributed by atoms with Crippen molar-refractivity contribution in [2.75, 3.05) is 4.90 Å². The first-order valence-electron chi connectivity index (χ1n) is 9.13. The van der Waals surface area contributed by atoms with E-state index in [-0.39, 0.29) is 17.3 Å². The van der Waals surface area contributed by atoms with E-state index in [1.807, 2.05) is 48.9 Å². The van der Waals surface area contributed by atoms with Crippen molar-refractivity contribution < 1.29 is 18.8 Å². The van der Waals surface area contributed by atoms with Crippen molar-refractivity contribution in [1.82, 2.24) is 9.88 Å². The summed E-state index contributed by atoms with van der Waals surface area (Å²) >= 11 is 0. The summed E-state index contributed by atoms with van der Waals surface area (Å²) in [4.78, 5) is 38.4. The zero-order valence-electron chi connectivity index (χ0n) is 15.8. The van der Waals surface area contributed by atoms with Crippen LogP contribution in [0.15, 0.2) is 60.3 Å². The van der Waals surface area contributed by atoms with Crippen molar-refractivity contribution in [1.29, 1.82) is 0 Å². The largest absolute Gasteiger partial charge is 0.344 e. The Hall–Kier alpha value is -3.74. The molecule has 0 bridgehead atoms. The van der Waals surface area contributed by atoms with E-state index in [1.165, 1.54) is 24.3 Å². The number of hydrogen-bond acceptors (Lipinski definition) is 3. The molecule has 29 heavy (non-hydrogen) atoms. The molecule has 1 saturated heterocycles. The highest BCUT2D eigenvalue weighted by Crippen LogP contribution is 2.28. The van der Waals surface area contributed by atoms with Gasteiger partial charge in [-0.05, 0) is 44.2 Å². The van der Waals surface area contributed by atoms with E-state index < -0.39 is 23.7 Å². The van der Waals surface area contributed by atoms with Gasteiger partial charge in [0.25, 0.3) is 11.8 Å². The van der Waals surface area contributed by atoms with Crippen molar-refractivity contribution in [2.24, 2.45) is 0 Å². The van der Waals surface area contributed by atoms with Crippen molar-refractivity contribution in [3.63, 3.8) is 0 Å². The molecule has 0 spiro atoms. The van der Waals surface area contributed by atoms with Gasteiger partial charge in [0.1, 0.15) is 11.4 Å². The fraction of sp³-hybridized carbons (Fsp3) is 0.136. The van der Waals surface area contributed by atoms with Crippen LogP contribution in [0, 0.1) is 5.82 Å². The molecular formula is C22H18FN3O3. The molecule has 0 aliphatic carbocycles. The van der Waals surface area contributed by atoms with Gasteiger partial charge in [0, 0.05) is 28.7 Å². The first kappa shape index (κ1) is 18.6. The molecule has 7 heteroatoms. The Morgan fingerprint density at radius 3 is 2.52 bits per heavy atom. The van der Waals surface area contributed by atoms with Crippen LogP contribution in [0.25, 0.3) is 17.0 Å². The number of carbonyl (C=O) groups is 3. The molecular weight excluding hydrogens is 373 g/mol. The number of nitrogens with one attached hydrogen (secondary N) is 1. The molecule has 0 radical (unpaired) electrons. The average molecular weight is 391 g/mol. The first-order valence-corrected chi connectivity index (χ1v) is 9.13. The van der Waals surface area contributed by atoms with E-state index in [9.17, 15) is 18.8 Å². The third kappa shape index (κ3) is 3.20. The molecule has 1 aliphatic rings. The number of halogens is 1. The summed E-state index contributed by atoms with van der Waals surface area (Å²) in [6, 6.07) is 12.0. The number of urea groups is 1. The second-order valence-electron chi connectivity index (χ2n) is 7.04. The number of carbonyl (C=O) groups excluding carboxylic acids is 3. The standard InChI is InChI=1S/C22H18FN3O3/c1-13(2)25-12-14(17-8-3-4-9-19(17)25)10-18-20(27)24-22(29)26(21(18)28)16-7-5-6-15(23)11-16/h3-13H,1-2H3,(H,24,27,29)/b18-10-. The van der Waals surface area contributed by atoms with Crippen LogP contribution in [0.3, 0.4) is 0 Å². The van der Waals surface area contributed by atoms with E-state index in [0.29, 0.717) is 5.56 Å². The van der Waals surface area contributed by atoms with Crippen LogP contribution in [0.2, 0.25) is 0 Å². The zero-order chi connectivity index (χ0) is 20.7. The number of para-hydroxylation sites is 1. The SMILES string of the molecule is CC(C)n1cc(/C=C2/C(=O)NC(=O)N(c3cccc(F)c3)C2=O)c2ccccc21. The smallest absolute Gasteiger partial charge is 0.335 e. The zero-order valence-corrected chi connectivity index (χ0v) is 15.8. The number of aromatic nitrogens is 1. The third-order valence-electron chi connectivity index (χ3n) is 4.80. The van der Waals surface area contributed by atoms with Crippen LogP contribution in [0.1, 0.15) is 25.5 Å². The van der Waals surface area contributed by atoms with Gasteiger partial charge in [-0.1, -0.05) is 24.3 Å². The van der Waals surface area contributed by atoms with E-state index in [2.05, 4.69) is 5.32 Å². The maximum absolute atomic E-state index is 13.6. The van der Waals surface area contributed by atoms with Gasteiger partial charge in [-0.15, -0.1) is 0 Å². The molecule has 1 fully saturated rings. The fourth-order valence-electron chi connectivity index (χ4n) is 3.44. The maximum Gasteiger partial charge on any atom is 0.335 e. The lowest BCUT2D eigenvalue weighted by molar-refractivity contribution is -0.122. The van der Waals surface area contributed by atoms with Gasteiger partial charge in [0.15, 0.2) is 0 Å². The third-order valence-corrected chi connectivity index (χ3v) is 4.80. The molecule has 3 aromatic rings. The van der Waals surface area contributed by atoms with E-state index >= 15 is 0 Å². The van der Waals surface area contributed by atoms with Crippen molar-refractivity contribution in [3.05, 3.63) is 71.7 Å². The summed E-state index contributed by atoms with van der Waals surface area (Å²) in [5.41, 5.74) is 1.51. The molecule has 4 rings (SSSR count). The Morgan fingerprint density at radius 2 is 1.79 bits per heavy atom. The molecule has 0 atom stereocenters. The topological polar surface area (TPSA) is 71.4 Å². The summed E-state index contributed by atoms with van der Waals surface area (Å²) < 4.78 is 15.6. The second-order valence-corrected chi connectivity index (χ2v) is 7.04. The molecule has 0 saturated carbocycles. The lowest BCUT2D eigenvalue weighted by Crippen LogP contribution is -2.54. The lowest BCUT2D eigenvalue weighted by Gasteiger charge is -2.26. The number of hydrogen-bond donors (Lipinski definition) is 1. The Kier molecular flexibility index (Phi) is 4.50. The Morgan fingerprint density at radius 1 is 1.03 bits per heavy atom. The quantitative estimate of drug-likeness (QED) is 0.541. The van der Waals surface area contributed by atoms with Gasteiger partial charge in [-0.25, -0.2) is 14.1 Å². The van der Waals surface area contributed by atoms with Gasteiger partial charge in [-0.3, -0.25) is 14.9 Å². The molecule has 2 heterocycles. The van der Waals surface area contributed by atoms with E-state index in [0.717, 1.165) is 21.9 Å². The average Bonchev–Trinajstić information content (AvgIpc) is 3.04. The summed E-state index contributed by atoms with van der Waals surface area (Å²) in [6.07, 6.45) is 3.34. The lowest BCUT2D eigenvalue weighted by atomic mass is 10.1. The minimum atomic E-state index is -0.910. The molecule has 1 N–H and O–H groups in total. The second kappa shape index (κ2) is 7.01. The van der Waals surface area contributed by atoms with Crippen LogP contribution < -0.4 is 10.2 Å². The molecule has 2 aromatic carbocycles. The molecule has 0 unspecified atom stereocenters. The number of benzene rings is 2.